The van der Waals surface area contributed by atoms with E-state index in [1.54, 1.807) is 0 Å². The summed E-state index contributed by atoms with van der Waals surface area (Å²) in [5.41, 5.74) is 14.5. The predicted octanol–water partition coefficient (Wildman–Crippen LogP) is 13.5. The van der Waals surface area contributed by atoms with E-state index in [4.69, 9.17) is 9.97 Å². The summed E-state index contributed by atoms with van der Waals surface area (Å²) in [4.78, 5) is 11.3. The molecule has 0 bridgehead atoms. The average molecular weight is 725 g/mol. The van der Waals surface area contributed by atoms with Crippen LogP contribution in [0.5, 0.6) is 0 Å². The molecule has 264 valence electrons. The van der Waals surface area contributed by atoms with E-state index in [1.165, 1.54) is 98.5 Å². The largest absolute Gasteiger partial charge is 0.308 e. The fourth-order valence-corrected chi connectivity index (χ4v) is 10.6. The Labute approximate surface area is 327 Å². The average Bonchev–Trinajstić information content (AvgIpc) is 3.79. The van der Waals surface area contributed by atoms with Gasteiger partial charge in [-0.15, -0.1) is 0 Å². The Hall–Kier alpha value is -7.30. The third-order valence-electron chi connectivity index (χ3n) is 13.1. The van der Waals surface area contributed by atoms with Gasteiger partial charge in [0.25, 0.3) is 0 Å². The van der Waals surface area contributed by atoms with Gasteiger partial charge in [-0.2, -0.15) is 0 Å². The molecule has 4 heterocycles. The van der Waals surface area contributed by atoms with Crippen LogP contribution in [0.4, 0.5) is 0 Å². The second-order valence-electron chi connectivity index (χ2n) is 16.0. The standard InChI is InChI=1S/C53H32N4/c1-2-12-30(13-3-1)31-22-24-33(25-23-31)52-54-48-37-18-7-6-16-35(37)40-28-41(40)46(48)53(55-52)57-49-34-15-5-4-14-32(34)26-27-38(49)43-29-42-36-17-8-10-20-44(36)56-45-21-11-9-19-39(45)47(50(42)56)51(43)57/h1-27,29,40-41H,28H2. The fourth-order valence-electron chi connectivity index (χ4n) is 10.6. The molecule has 1 saturated carbocycles. The van der Waals surface area contributed by atoms with Crippen LogP contribution in [-0.2, 0) is 0 Å². The molecule has 0 N–H and O–H groups in total. The maximum Gasteiger partial charge on any atom is 0.162 e. The first-order valence-corrected chi connectivity index (χ1v) is 20.0. The summed E-state index contributed by atoms with van der Waals surface area (Å²) in [7, 11) is 0. The first kappa shape index (κ1) is 30.0. The van der Waals surface area contributed by atoms with Crippen molar-refractivity contribution < 1.29 is 0 Å². The van der Waals surface area contributed by atoms with E-state index in [2.05, 4.69) is 179 Å². The van der Waals surface area contributed by atoms with Crippen LogP contribution < -0.4 is 0 Å². The third kappa shape index (κ3) is 3.87. The van der Waals surface area contributed by atoms with Crippen LogP contribution in [0.3, 0.4) is 0 Å². The highest BCUT2D eigenvalue weighted by Crippen LogP contribution is 2.63. The van der Waals surface area contributed by atoms with Gasteiger partial charge in [0.2, 0.25) is 0 Å². The smallest absolute Gasteiger partial charge is 0.162 e. The van der Waals surface area contributed by atoms with E-state index in [9.17, 15) is 0 Å². The molecule has 4 nitrogen and oxygen atoms in total. The van der Waals surface area contributed by atoms with Crippen molar-refractivity contribution in [1.29, 1.82) is 0 Å². The van der Waals surface area contributed by atoms with Crippen molar-refractivity contribution in [1.82, 2.24) is 18.9 Å². The lowest BCUT2D eigenvalue weighted by atomic mass is 9.89. The summed E-state index contributed by atoms with van der Waals surface area (Å²) in [5.74, 6) is 2.59. The van der Waals surface area contributed by atoms with Crippen molar-refractivity contribution in [3.8, 4) is 39.6 Å². The first-order chi connectivity index (χ1) is 28.3. The zero-order chi connectivity index (χ0) is 36.9. The molecule has 4 aromatic heterocycles. The minimum atomic E-state index is 0.359. The van der Waals surface area contributed by atoms with Gasteiger partial charge in [-0.1, -0.05) is 152 Å². The van der Waals surface area contributed by atoms with E-state index in [0.29, 0.717) is 11.8 Å². The molecule has 1 fully saturated rings. The number of aromatic nitrogens is 4. The normalized spacial score (nSPS) is 16.0. The van der Waals surface area contributed by atoms with E-state index in [1.807, 2.05) is 0 Å². The molecule has 12 aromatic rings. The van der Waals surface area contributed by atoms with Crippen molar-refractivity contribution >= 4 is 70.7 Å². The zero-order valence-electron chi connectivity index (χ0n) is 30.8. The molecule has 0 amide bonds. The summed E-state index contributed by atoms with van der Waals surface area (Å²) in [6, 6.07) is 62.2. The maximum absolute atomic E-state index is 5.77. The van der Waals surface area contributed by atoms with Gasteiger partial charge in [0.1, 0.15) is 5.82 Å². The van der Waals surface area contributed by atoms with Gasteiger partial charge < -0.3 is 4.40 Å². The minimum absolute atomic E-state index is 0.359. The fraction of sp³-hybridized carbons (Fsp3) is 0.0566. The molecular formula is C53H32N4. The van der Waals surface area contributed by atoms with Crippen molar-refractivity contribution in [2.75, 3.05) is 0 Å². The SMILES string of the molecule is c1ccc(-c2ccc(-c3nc4c(c(-n5c6c7ccccc7ccc6c6cc7c8ccccc8n8c9ccccc9c(c65)c78)n3)C3CC3c3ccccc3-4)cc2)cc1. The highest BCUT2D eigenvalue weighted by atomic mass is 15.1. The summed E-state index contributed by atoms with van der Waals surface area (Å²) < 4.78 is 5.06. The van der Waals surface area contributed by atoms with Gasteiger partial charge in [0.15, 0.2) is 5.82 Å². The molecule has 2 aliphatic rings. The number of para-hydroxylation sites is 2. The number of hydrogen-bond donors (Lipinski definition) is 0. The molecule has 2 aliphatic carbocycles. The van der Waals surface area contributed by atoms with Crippen LogP contribution >= 0.6 is 0 Å². The van der Waals surface area contributed by atoms with Gasteiger partial charge >= 0.3 is 0 Å². The molecule has 8 aromatic carbocycles. The molecule has 57 heavy (non-hydrogen) atoms. The molecule has 4 heteroatoms. The van der Waals surface area contributed by atoms with Crippen molar-refractivity contribution in [2.24, 2.45) is 0 Å². The number of nitrogens with zero attached hydrogens (tertiary/aromatic N) is 4. The van der Waals surface area contributed by atoms with E-state index in [-0.39, 0.29) is 0 Å². The Morgan fingerprint density at radius 2 is 1.12 bits per heavy atom. The van der Waals surface area contributed by atoms with E-state index in [0.717, 1.165) is 29.3 Å². The molecular weight excluding hydrogens is 693 g/mol. The summed E-state index contributed by atoms with van der Waals surface area (Å²) >= 11 is 0. The minimum Gasteiger partial charge on any atom is -0.308 e. The number of fused-ring (bicyclic) bond motifs is 18. The number of rotatable bonds is 3. The third-order valence-corrected chi connectivity index (χ3v) is 13.1. The predicted molar refractivity (Wildman–Crippen MR) is 235 cm³/mol. The van der Waals surface area contributed by atoms with E-state index < -0.39 is 0 Å². The lowest BCUT2D eigenvalue weighted by molar-refractivity contribution is 0.924. The van der Waals surface area contributed by atoms with Gasteiger partial charge in [0, 0.05) is 54.4 Å². The highest BCUT2D eigenvalue weighted by molar-refractivity contribution is 6.35. The molecule has 0 saturated heterocycles. The van der Waals surface area contributed by atoms with Crippen molar-refractivity contribution in [2.45, 2.75) is 18.3 Å². The van der Waals surface area contributed by atoms with Gasteiger partial charge in [0.05, 0.1) is 33.3 Å². The Morgan fingerprint density at radius 1 is 0.456 bits per heavy atom. The van der Waals surface area contributed by atoms with Crippen molar-refractivity contribution in [3.63, 3.8) is 0 Å². The first-order valence-electron chi connectivity index (χ1n) is 20.0. The quantitative estimate of drug-likeness (QED) is 0.182. The van der Waals surface area contributed by atoms with Crippen LogP contribution in [0.2, 0.25) is 0 Å². The molecule has 0 radical (unpaired) electrons. The Morgan fingerprint density at radius 3 is 1.98 bits per heavy atom. The molecule has 2 atom stereocenters. The second kappa shape index (κ2) is 10.7. The van der Waals surface area contributed by atoms with Crippen LogP contribution in [-0.4, -0.2) is 18.9 Å². The highest BCUT2D eigenvalue weighted by Gasteiger charge is 2.48. The molecule has 0 spiro atoms. The van der Waals surface area contributed by atoms with Crippen LogP contribution in [0.25, 0.3) is 110 Å². The van der Waals surface area contributed by atoms with Gasteiger partial charge in [-0.3, -0.25) is 4.57 Å². The topological polar surface area (TPSA) is 35.1 Å². The maximum atomic E-state index is 5.77. The van der Waals surface area contributed by atoms with Crippen LogP contribution in [0, 0.1) is 0 Å². The molecule has 14 rings (SSSR count). The second-order valence-corrected chi connectivity index (χ2v) is 16.0. The zero-order valence-corrected chi connectivity index (χ0v) is 30.8. The lowest BCUT2D eigenvalue weighted by Crippen LogP contribution is -2.11. The number of benzene rings is 8. The Bertz CT molecular complexity index is 3670. The monoisotopic (exact) mass is 724 g/mol. The Kier molecular flexibility index (Phi) is 5.64. The van der Waals surface area contributed by atoms with Crippen LogP contribution in [0.1, 0.15) is 29.4 Å². The molecule has 2 unspecified atom stereocenters. The summed E-state index contributed by atoms with van der Waals surface area (Å²) in [6.45, 7) is 0. The van der Waals surface area contributed by atoms with Crippen molar-refractivity contribution in [3.05, 3.63) is 181 Å². The summed E-state index contributed by atoms with van der Waals surface area (Å²) in [6.07, 6.45) is 1.11. The lowest BCUT2D eigenvalue weighted by Gasteiger charge is -2.23. The Balaban J connectivity index is 1.18. The molecule has 0 aliphatic heterocycles. The number of hydrogen-bond acceptors (Lipinski definition) is 2. The van der Waals surface area contributed by atoms with Gasteiger partial charge in [-0.25, -0.2) is 9.97 Å². The van der Waals surface area contributed by atoms with Gasteiger partial charge in [-0.05, 0) is 58.5 Å². The van der Waals surface area contributed by atoms with E-state index >= 15 is 0 Å². The van der Waals surface area contributed by atoms with Crippen LogP contribution in [0.15, 0.2) is 170 Å². The summed E-state index contributed by atoms with van der Waals surface area (Å²) in [5, 5.41) is 10.1.